The average Bonchev–Trinajstić information content (AvgIpc) is 3.23. The van der Waals surface area contributed by atoms with Crippen molar-refractivity contribution in [2.75, 3.05) is 12.3 Å². The Bertz CT molecular complexity index is 1260. The van der Waals surface area contributed by atoms with Crippen molar-refractivity contribution in [3.8, 4) is 0 Å². The van der Waals surface area contributed by atoms with Gasteiger partial charge in [0.2, 0.25) is 5.52 Å². The largest absolute Gasteiger partial charge is 0.361 e. The number of unbranched alkanes of at least 4 members (excludes halogenated alkanes) is 1. The molecule has 4 rings (SSSR count). The van der Waals surface area contributed by atoms with Gasteiger partial charge in [0.1, 0.15) is 4.70 Å². The van der Waals surface area contributed by atoms with Gasteiger partial charge in [-0.05, 0) is 42.4 Å². The molecular formula is C23H25Cl2N2O3S2+. The molecule has 0 saturated heterocycles. The number of aromatic nitrogens is 1. The van der Waals surface area contributed by atoms with E-state index in [-0.39, 0.29) is 11.8 Å². The Morgan fingerprint density at radius 3 is 2.81 bits per heavy atom. The lowest BCUT2D eigenvalue weighted by Crippen LogP contribution is -2.36. The van der Waals surface area contributed by atoms with Crippen LogP contribution < -0.4 is 4.57 Å². The molecule has 2 aromatic rings. The highest BCUT2D eigenvalue weighted by Crippen LogP contribution is 2.35. The van der Waals surface area contributed by atoms with Crippen molar-refractivity contribution in [3.05, 3.63) is 68.8 Å². The maximum absolute atomic E-state index is 11.2. The third-order valence-corrected chi connectivity index (χ3v) is 7.98. The van der Waals surface area contributed by atoms with Crippen LogP contribution in [0.3, 0.4) is 0 Å². The van der Waals surface area contributed by atoms with Crippen LogP contribution in [0.15, 0.2) is 58.8 Å². The summed E-state index contributed by atoms with van der Waals surface area (Å²) in [5.41, 5.74) is 3.22. The van der Waals surface area contributed by atoms with Gasteiger partial charge in [-0.3, -0.25) is 4.55 Å². The normalized spacial score (nSPS) is 19.6. The van der Waals surface area contributed by atoms with Crippen LogP contribution in [0.5, 0.6) is 0 Å². The van der Waals surface area contributed by atoms with Gasteiger partial charge < -0.3 is 4.90 Å². The van der Waals surface area contributed by atoms with Crippen molar-refractivity contribution < 1.29 is 17.5 Å². The van der Waals surface area contributed by atoms with Gasteiger partial charge in [0, 0.05) is 40.9 Å². The van der Waals surface area contributed by atoms with Crippen LogP contribution in [0.4, 0.5) is 0 Å². The molecule has 5 nitrogen and oxygen atoms in total. The molecule has 1 unspecified atom stereocenters. The van der Waals surface area contributed by atoms with Crippen molar-refractivity contribution >= 4 is 60.9 Å². The standard InChI is InChI=1S/C23H24Cl2N2O3S2/c1-2-3-9-27-21-14-18(25)7-8-22(21)31-23(27)15-19-12-16-5-6-17(24)13-20(16)26(19)10-4-11-32(28,29)30/h5-8,12-15,20H,2-4,9-11H2,1H3/p+1. The molecule has 2 aliphatic rings. The van der Waals surface area contributed by atoms with Crippen LogP contribution in [0.1, 0.15) is 31.2 Å². The highest BCUT2D eigenvalue weighted by atomic mass is 35.5. The molecule has 0 radical (unpaired) electrons. The summed E-state index contributed by atoms with van der Waals surface area (Å²) in [7, 11) is -4.00. The Morgan fingerprint density at radius 2 is 2.06 bits per heavy atom. The molecule has 1 aliphatic carbocycles. The second-order valence-electron chi connectivity index (χ2n) is 7.93. The van der Waals surface area contributed by atoms with Crippen LogP contribution in [0.25, 0.3) is 16.3 Å². The van der Waals surface area contributed by atoms with E-state index < -0.39 is 10.1 Å². The molecule has 170 valence electrons. The number of benzene rings is 1. The number of hydrogen-bond acceptors (Lipinski definition) is 4. The van der Waals surface area contributed by atoms with Crippen LogP contribution in [0, 0.1) is 0 Å². The fourth-order valence-electron chi connectivity index (χ4n) is 4.06. The topological polar surface area (TPSA) is 61.5 Å². The predicted molar refractivity (Wildman–Crippen MR) is 133 cm³/mol. The number of thiazole rings is 1. The van der Waals surface area contributed by atoms with Crippen LogP contribution >= 0.6 is 34.5 Å². The first-order valence-corrected chi connectivity index (χ1v) is 13.8. The Balaban J connectivity index is 1.74. The zero-order valence-corrected chi connectivity index (χ0v) is 20.8. The van der Waals surface area contributed by atoms with Gasteiger partial charge in [-0.25, -0.2) is 0 Å². The Kier molecular flexibility index (Phi) is 7.12. The number of fused-ring (bicyclic) bond motifs is 2. The summed E-state index contributed by atoms with van der Waals surface area (Å²) in [6, 6.07) is 5.92. The summed E-state index contributed by atoms with van der Waals surface area (Å²) in [5, 5.41) is 2.48. The van der Waals surface area contributed by atoms with E-state index in [1.807, 2.05) is 30.4 Å². The van der Waals surface area contributed by atoms with E-state index in [1.54, 1.807) is 11.3 Å². The van der Waals surface area contributed by atoms with Crippen LogP contribution in [-0.4, -0.2) is 36.2 Å². The van der Waals surface area contributed by atoms with E-state index in [0.29, 0.717) is 23.0 Å². The summed E-state index contributed by atoms with van der Waals surface area (Å²) in [6.45, 7) is 3.55. The molecule has 2 heterocycles. The summed E-state index contributed by atoms with van der Waals surface area (Å²) in [4.78, 5) is 2.15. The Morgan fingerprint density at radius 1 is 1.25 bits per heavy atom. The summed E-state index contributed by atoms with van der Waals surface area (Å²) in [6.07, 6.45) is 12.6. The lowest BCUT2D eigenvalue weighted by atomic mass is 10.0. The van der Waals surface area contributed by atoms with E-state index in [4.69, 9.17) is 27.8 Å². The third-order valence-electron chi connectivity index (χ3n) is 5.58. The van der Waals surface area contributed by atoms with Crippen molar-refractivity contribution in [2.24, 2.45) is 0 Å². The van der Waals surface area contributed by atoms with E-state index >= 15 is 0 Å². The molecule has 1 N–H and O–H groups in total. The number of nitrogens with zero attached hydrogens (tertiary/aromatic N) is 2. The van der Waals surface area contributed by atoms with E-state index in [9.17, 15) is 8.42 Å². The lowest BCUT2D eigenvalue weighted by Gasteiger charge is -2.28. The fraction of sp³-hybridized carbons (Fsp3) is 0.348. The minimum Gasteiger partial charge on any atom is -0.361 e. The van der Waals surface area contributed by atoms with Crippen molar-refractivity contribution in [1.29, 1.82) is 0 Å². The van der Waals surface area contributed by atoms with Gasteiger partial charge in [0.15, 0.2) is 6.54 Å². The monoisotopic (exact) mass is 511 g/mol. The minimum atomic E-state index is -4.00. The molecule has 0 saturated carbocycles. The van der Waals surface area contributed by atoms with E-state index in [0.717, 1.165) is 41.2 Å². The van der Waals surface area contributed by atoms with Gasteiger partial charge in [0.25, 0.3) is 15.1 Å². The summed E-state index contributed by atoms with van der Waals surface area (Å²) < 4.78 is 35.1. The molecule has 0 spiro atoms. The smallest absolute Gasteiger partial charge is 0.264 e. The number of halogens is 2. The Hall–Kier alpha value is -1.64. The predicted octanol–water partition coefficient (Wildman–Crippen LogP) is 5.56. The maximum Gasteiger partial charge on any atom is 0.264 e. The molecule has 1 atom stereocenters. The number of allylic oxidation sites excluding steroid dienone is 3. The van der Waals surface area contributed by atoms with Gasteiger partial charge in [-0.1, -0.05) is 54.0 Å². The van der Waals surface area contributed by atoms with Gasteiger partial charge in [-0.2, -0.15) is 13.0 Å². The molecule has 0 bridgehead atoms. The number of rotatable bonds is 8. The molecular weight excluding hydrogens is 487 g/mol. The second-order valence-corrected chi connectivity index (χ2v) is 11.4. The molecule has 1 aromatic carbocycles. The number of hydrogen-bond donors (Lipinski definition) is 1. The fourth-order valence-corrected chi connectivity index (χ4v) is 6.02. The van der Waals surface area contributed by atoms with Crippen molar-refractivity contribution in [3.63, 3.8) is 0 Å². The van der Waals surface area contributed by atoms with Gasteiger partial charge in [-0.15, -0.1) is 0 Å². The Labute approximate surface area is 202 Å². The first kappa shape index (κ1) is 23.5. The first-order chi connectivity index (χ1) is 15.2. The van der Waals surface area contributed by atoms with E-state index in [2.05, 4.69) is 34.6 Å². The third kappa shape index (κ3) is 5.29. The van der Waals surface area contributed by atoms with Crippen molar-refractivity contribution in [2.45, 2.75) is 38.8 Å². The van der Waals surface area contributed by atoms with Crippen LogP contribution in [-0.2, 0) is 16.7 Å². The molecule has 1 aromatic heterocycles. The van der Waals surface area contributed by atoms with Gasteiger partial charge >= 0.3 is 0 Å². The van der Waals surface area contributed by atoms with Crippen molar-refractivity contribution in [1.82, 2.24) is 4.90 Å². The minimum absolute atomic E-state index is 0.0481. The second kappa shape index (κ2) is 9.69. The molecule has 32 heavy (non-hydrogen) atoms. The molecule has 9 heteroatoms. The SMILES string of the molecule is CCCC[n+]1c(C=C2C=C3C=CC(Cl)=CC3N2CCCS(=O)(=O)O)sc2ccc(Cl)cc21. The zero-order valence-electron chi connectivity index (χ0n) is 17.7. The lowest BCUT2D eigenvalue weighted by molar-refractivity contribution is -0.669. The highest BCUT2D eigenvalue weighted by Gasteiger charge is 2.30. The molecule has 0 fully saturated rings. The molecule has 0 amide bonds. The summed E-state index contributed by atoms with van der Waals surface area (Å²) >= 11 is 14.3. The summed E-state index contributed by atoms with van der Waals surface area (Å²) in [5.74, 6) is -0.274. The first-order valence-electron chi connectivity index (χ1n) is 10.6. The average molecular weight is 513 g/mol. The number of aryl methyl sites for hydroxylation is 1. The highest BCUT2D eigenvalue weighted by molar-refractivity contribution is 7.85. The zero-order chi connectivity index (χ0) is 22.9. The quantitative estimate of drug-likeness (QED) is 0.372. The maximum atomic E-state index is 11.2. The molecule has 1 aliphatic heterocycles. The van der Waals surface area contributed by atoms with E-state index in [1.165, 1.54) is 4.70 Å². The van der Waals surface area contributed by atoms with Gasteiger partial charge in [0.05, 0.1) is 11.8 Å². The van der Waals surface area contributed by atoms with Crippen LogP contribution in [0.2, 0.25) is 5.02 Å².